The van der Waals surface area contributed by atoms with Gasteiger partial charge < -0.3 is 14.8 Å². The fourth-order valence-electron chi connectivity index (χ4n) is 4.53. The van der Waals surface area contributed by atoms with Crippen molar-refractivity contribution in [3.63, 3.8) is 0 Å². The van der Waals surface area contributed by atoms with Gasteiger partial charge in [-0.1, -0.05) is 54.1 Å². The first-order valence-electron chi connectivity index (χ1n) is 12.9. The minimum Gasteiger partial charge on any atom is -0.361 e. The number of para-hydroxylation sites is 1. The molecular formula is C31H32F3N3O2. The molecule has 0 fully saturated rings. The van der Waals surface area contributed by atoms with Gasteiger partial charge in [-0.25, -0.2) is 0 Å². The van der Waals surface area contributed by atoms with Gasteiger partial charge in [0.2, 0.25) is 5.91 Å². The normalized spacial score (nSPS) is 11.7. The number of carbonyl (C=O) groups excluding carboxylic acids is 2. The molecule has 0 saturated carbocycles. The van der Waals surface area contributed by atoms with Gasteiger partial charge in [0.1, 0.15) is 6.54 Å². The Morgan fingerprint density at radius 1 is 0.949 bits per heavy atom. The molecule has 0 spiro atoms. The second kappa shape index (κ2) is 11.8. The van der Waals surface area contributed by atoms with Crippen LogP contribution in [0.5, 0.6) is 0 Å². The number of rotatable bonds is 9. The average molecular weight is 536 g/mol. The van der Waals surface area contributed by atoms with E-state index >= 15 is 0 Å². The van der Waals surface area contributed by atoms with Crippen LogP contribution in [0.3, 0.4) is 0 Å². The lowest BCUT2D eigenvalue weighted by atomic mass is 10.1. The van der Waals surface area contributed by atoms with Gasteiger partial charge in [0.25, 0.3) is 5.91 Å². The predicted octanol–water partition coefficient (Wildman–Crippen LogP) is 6.62. The zero-order valence-corrected chi connectivity index (χ0v) is 22.3. The Morgan fingerprint density at radius 2 is 1.67 bits per heavy atom. The van der Waals surface area contributed by atoms with E-state index in [0.29, 0.717) is 19.5 Å². The van der Waals surface area contributed by atoms with Crippen LogP contribution in [0.25, 0.3) is 10.9 Å². The number of carbonyl (C=O) groups is 2. The Balaban J connectivity index is 1.56. The predicted molar refractivity (Wildman–Crippen MR) is 146 cm³/mol. The summed E-state index contributed by atoms with van der Waals surface area (Å²) in [6, 6.07) is 19.8. The Hall–Kier alpha value is -4.07. The number of hydrogen-bond acceptors (Lipinski definition) is 2. The van der Waals surface area contributed by atoms with Crippen LogP contribution in [0.2, 0.25) is 0 Å². The summed E-state index contributed by atoms with van der Waals surface area (Å²) < 4.78 is 39.7. The molecule has 3 aromatic carbocycles. The molecule has 1 aromatic heterocycles. The maximum atomic E-state index is 13.7. The van der Waals surface area contributed by atoms with Gasteiger partial charge in [-0.05, 0) is 62.6 Å². The summed E-state index contributed by atoms with van der Waals surface area (Å²) in [6.45, 7) is 6.00. The van der Waals surface area contributed by atoms with Crippen LogP contribution in [0, 0.1) is 6.92 Å². The third-order valence-corrected chi connectivity index (χ3v) is 6.80. The molecular weight excluding hydrogens is 503 g/mol. The molecule has 8 heteroatoms. The van der Waals surface area contributed by atoms with Crippen LogP contribution in [0.15, 0.2) is 79.0 Å². The minimum absolute atomic E-state index is 0.102. The first-order valence-corrected chi connectivity index (χ1v) is 12.9. The van der Waals surface area contributed by atoms with Crippen LogP contribution in [-0.2, 0) is 23.9 Å². The number of nitrogens with one attached hydrogen (secondary N) is 1. The fraction of sp³-hybridized carbons (Fsp3) is 0.290. The summed E-state index contributed by atoms with van der Waals surface area (Å²) in [5, 5.41) is 1.09. The number of fused-ring (bicyclic) bond motifs is 1. The number of aryl methyl sites for hydroxylation is 1. The number of aromatic amines is 1. The lowest BCUT2D eigenvalue weighted by Gasteiger charge is -2.30. The van der Waals surface area contributed by atoms with Crippen molar-refractivity contribution in [3.8, 4) is 0 Å². The van der Waals surface area contributed by atoms with Gasteiger partial charge in [0.05, 0.1) is 5.56 Å². The maximum Gasteiger partial charge on any atom is 0.416 e. The number of nitrogens with zero attached hydrogens (tertiary/aromatic N) is 2. The molecule has 4 aromatic rings. The molecule has 0 saturated heterocycles. The van der Waals surface area contributed by atoms with Crippen molar-refractivity contribution in [2.24, 2.45) is 0 Å². The maximum absolute atomic E-state index is 13.7. The Bertz CT molecular complexity index is 1440. The number of amides is 2. The molecule has 1 heterocycles. The smallest absolute Gasteiger partial charge is 0.361 e. The Labute approximate surface area is 226 Å². The van der Waals surface area contributed by atoms with Gasteiger partial charge in [0.15, 0.2) is 0 Å². The topological polar surface area (TPSA) is 56.4 Å². The van der Waals surface area contributed by atoms with E-state index in [2.05, 4.69) is 4.98 Å². The molecule has 0 aliphatic heterocycles. The zero-order chi connectivity index (χ0) is 28.2. The number of aromatic nitrogens is 1. The van der Waals surface area contributed by atoms with E-state index in [1.165, 1.54) is 17.0 Å². The molecule has 39 heavy (non-hydrogen) atoms. The lowest BCUT2D eigenvalue weighted by Crippen LogP contribution is -2.46. The summed E-state index contributed by atoms with van der Waals surface area (Å²) in [6.07, 6.45) is -2.02. The molecule has 4 rings (SSSR count). The Morgan fingerprint density at radius 3 is 2.36 bits per heavy atom. The molecule has 0 unspecified atom stereocenters. The summed E-state index contributed by atoms with van der Waals surface area (Å²) in [4.78, 5) is 33.2. The van der Waals surface area contributed by atoms with Crippen molar-refractivity contribution < 1.29 is 22.8 Å². The molecule has 0 bridgehead atoms. The molecule has 1 N–H and O–H groups in total. The molecule has 0 aliphatic rings. The number of halogens is 3. The summed E-state index contributed by atoms with van der Waals surface area (Å²) in [7, 11) is 0. The van der Waals surface area contributed by atoms with E-state index in [4.69, 9.17) is 0 Å². The molecule has 0 radical (unpaired) electrons. The van der Waals surface area contributed by atoms with E-state index in [0.717, 1.165) is 39.7 Å². The van der Waals surface area contributed by atoms with Crippen molar-refractivity contribution in [2.75, 3.05) is 13.1 Å². The van der Waals surface area contributed by atoms with E-state index in [1.807, 2.05) is 61.7 Å². The second-order valence-corrected chi connectivity index (χ2v) is 10.0. The number of benzene rings is 3. The highest BCUT2D eigenvalue weighted by atomic mass is 19.4. The third kappa shape index (κ3) is 6.88. The number of hydrogen-bond donors (Lipinski definition) is 1. The van der Waals surface area contributed by atoms with Gasteiger partial charge >= 0.3 is 6.18 Å². The highest BCUT2D eigenvalue weighted by Crippen LogP contribution is 2.30. The SMILES string of the molecule is Cc1ccc(CN(CCc2c[nH]c3ccccc23)C(=O)CN(C(=O)c2cccc(C(F)(F)F)c2)C(C)C)cc1. The largest absolute Gasteiger partial charge is 0.416 e. The first-order chi connectivity index (χ1) is 18.5. The fourth-order valence-corrected chi connectivity index (χ4v) is 4.53. The first kappa shape index (κ1) is 28.0. The molecule has 0 atom stereocenters. The van der Waals surface area contributed by atoms with Crippen molar-refractivity contribution in [1.82, 2.24) is 14.8 Å². The van der Waals surface area contributed by atoms with Crippen molar-refractivity contribution in [1.29, 1.82) is 0 Å². The van der Waals surface area contributed by atoms with Crippen molar-refractivity contribution in [3.05, 3.63) is 107 Å². The average Bonchev–Trinajstić information content (AvgIpc) is 3.32. The monoisotopic (exact) mass is 535 g/mol. The summed E-state index contributed by atoms with van der Waals surface area (Å²) >= 11 is 0. The van der Waals surface area contributed by atoms with Crippen molar-refractivity contribution in [2.45, 2.75) is 46.0 Å². The van der Waals surface area contributed by atoms with E-state index in [9.17, 15) is 22.8 Å². The van der Waals surface area contributed by atoms with E-state index in [1.54, 1.807) is 18.7 Å². The zero-order valence-electron chi connectivity index (χ0n) is 22.3. The van der Waals surface area contributed by atoms with Crippen LogP contribution < -0.4 is 0 Å². The van der Waals surface area contributed by atoms with Crippen molar-refractivity contribution >= 4 is 22.7 Å². The summed E-state index contributed by atoms with van der Waals surface area (Å²) in [5.41, 5.74) is 3.15. The number of alkyl halides is 3. The van der Waals surface area contributed by atoms with E-state index < -0.39 is 23.7 Å². The molecule has 0 aliphatic carbocycles. The Kier molecular flexibility index (Phi) is 8.43. The standard InChI is InChI=1S/C31H32F3N3O2/c1-21(2)37(30(39)24-7-6-8-26(17-24)31(32,33)34)20-29(38)36(19-23-13-11-22(3)12-14-23)16-15-25-18-35-28-10-5-4-9-27(25)28/h4-14,17-18,21,35H,15-16,19-20H2,1-3H3. The highest BCUT2D eigenvalue weighted by molar-refractivity contribution is 5.97. The van der Waals surface area contributed by atoms with Gasteiger partial charge in [0, 0.05) is 41.8 Å². The second-order valence-electron chi connectivity index (χ2n) is 10.0. The quantitative estimate of drug-likeness (QED) is 0.262. The highest BCUT2D eigenvalue weighted by Gasteiger charge is 2.32. The third-order valence-electron chi connectivity index (χ3n) is 6.80. The molecule has 5 nitrogen and oxygen atoms in total. The number of H-pyrrole nitrogens is 1. The van der Waals surface area contributed by atoms with Crippen LogP contribution in [-0.4, -0.2) is 45.7 Å². The van der Waals surface area contributed by atoms with Gasteiger partial charge in [-0.3, -0.25) is 9.59 Å². The molecule has 204 valence electrons. The van der Waals surface area contributed by atoms with Crippen LogP contribution in [0.1, 0.15) is 46.5 Å². The van der Waals surface area contributed by atoms with Crippen LogP contribution >= 0.6 is 0 Å². The lowest BCUT2D eigenvalue weighted by molar-refractivity contribution is -0.137. The minimum atomic E-state index is -4.57. The summed E-state index contributed by atoms with van der Waals surface area (Å²) in [5.74, 6) is -0.888. The van der Waals surface area contributed by atoms with Gasteiger partial charge in [-0.15, -0.1) is 0 Å². The van der Waals surface area contributed by atoms with Gasteiger partial charge in [-0.2, -0.15) is 13.2 Å². The molecule has 2 amide bonds. The van der Waals surface area contributed by atoms with E-state index in [-0.39, 0.29) is 18.0 Å². The van der Waals surface area contributed by atoms with Crippen LogP contribution in [0.4, 0.5) is 13.2 Å².